The van der Waals surface area contributed by atoms with Gasteiger partial charge in [0.25, 0.3) is 0 Å². The Balaban J connectivity index is -0.00000108. The summed E-state index contributed by atoms with van der Waals surface area (Å²) in [5.74, 6) is 1.80. The van der Waals surface area contributed by atoms with Crippen molar-refractivity contribution in [2.24, 2.45) is 4.99 Å². The molecule has 1 heterocycles. The Morgan fingerprint density at radius 1 is 1.06 bits per heavy atom. The summed E-state index contributed by atoms with van der Waals surface area (Å²) >= 11 is 1.54. The Hall–Kier alpha value is -2.67. The Labute approximate surface area is 225 Å². The molecule has 0 radical (unpaired) electrons. The van der Waals surface area contributed by atoms with Gasteiger partial charge in [0.1, 0.15) is 6.04 Å². The van der Waals surface area contributed by atoms with E-state index in [2.05, 4.69) is 30.7 Å². The Morgan fingerprint density at radius 3 is 1.94 bits per heavy atom. The Morgan fingerprint density at radius 2 is 1.56 bits per heavy atom. The Bertz CT molecular complexity index is 792. The molecule has 1 aliphatic rings. The van der Waals surface area contributed by atoms with E-state index >= 15 is 0 Å². The van der Waals surface area contributed by atoms with Crippen LogP contribution in [0.1, 0.15) is 68.7 Å². The van der Waals surface area contributed by atoms with Crippen LogP contribution in [-0.4, -0.2) is 44.1 Å². The number of methoxy groups -OCH3 is 3. The molecule has 0 aliphatic carbocycles. The number of amides is 1. The second kappa shape index (κ2) is 25.4. The summed E-state index contributed by atoms with van der Waals surface area (Å²) in [4.78, 5) is 17.2. The number of aliphatic imine (C=N–C) groups is 1. The second-order valence-electron chi connectivity index (χ2n) is 6.22. The topological polar surface area (TPSA) is 69.2 Å². The fraction of sp³-hybridized carbons (Fsp3) is 0.517. The number of anilines is 1. The van der Waals surface area contributed by atoms with Gasteiger partial charge < -0.3 is 19.5 Å². The van der Waals surface area contributed by atoms with Gasteiger partial charge in [0, 0.05) is 29.1 Å². The summed E-state index contributed by atoms with van der Waals surface area (Å²) in [6.07, 6.45) is 8.77. The number of nitrogens with zero attached hydrogens (tertiary/aromatic N) is 1. The maximum Gasteiger partial charge on any atom is 0.250 e. The average molecular weight is 523 g/mol. The lowest BCUT2D eigenvalue weighted by Gasteiger charge is -2.15. The minimum Gasteiger partial charge on any atom is -0.493 e. The maximum absolute atomic E-state index is 12.6. The van der Waals surface area contributed by atoms with E-state index in [0.717, 1.165) is 10.6 Å². The van der Waals surface area contributed by atoms with Crippen molar-refractivity contribution < 1.29 is 19.0 Å². The summed E-state index contributed by atoms with van der Waals surface area (Å²) in [7, 11) is 4.59. The zero-order chi connectivity index (χ0) is 28.5. The van der Waals surface area contributed by atoms with E-state index < -0.39 is 6.04 Å². The quantitative estimate of drug-likeness (QED) is 0.347. The molecular weight excluding hydrogens is 472 g/mol. The lowest BCUT2D eigenvalue weighted by atomic mass is 10.2. The fourth-order valence-electron chi connectivity index (χ4n) is 2.47. The number of rotatable bonds is 8. The van der Waals surface area contributed by atoms with E-state index in [9.17, 15) is 4.79 Å². The molecule has 1 atom stereocenters. The normalized spacial score (nSPS) is 13.6. The molecule has 1 N–H and O–H groups in total. The van der Waals surface area contributed by atoms with E-state index in [1.165, 1.54) is 27.8 Å². The molecular formula is C29H50N2O4S. The first-order chi connectivity index (χ1) is 17.5. The number of nitrogens with one attached hydrogen (secondary N) is 1. The van der Waals surface area contributed by atoms with Crippen molar-refractivity contribution in [3.8, 4) is 17.2 Å². The second-order valence-corrected chi connectivity index (χ2v) is 7.23. The highest BCUT2D eigenvalue weighted by molar-refractivity contribution is 8.14. The van der Waals surface area contributed by atoms with Crippen LogP contribution in [0.2, 0.25) is 0 Å². The van der Waals surface area contributed by atoms with Crippen molar-refractivity contribution in [1.82, 2.24) is 0 Å². The van der Waals surface area contributed by atoms with Crippen LogP contribution in [0, 0.1) is 0 Å². The van der Waals surface area contributed by atoms with Gasteiger partial charge in [-0.25, -0.2) is 0 Å². The number of ether oxygens (including phenoxy) is 3. The summed E-state index contributed by atoms with van der Waals surface area (Å²) < 4.78 is 15.9. The highest BCUT2D eigenvalue weighted by Crippen LogP contribution is 2.40. The molecule has 1 aliphatic heterocycles. The van der Waals surface area contributed by atoms with Crippen LogP contribution in [0.25, 0.3) is 0 Å². The first-order valence-corrected chi connectivity index (χ1v) is 13.7. The molecule has 1 unspecified atom stereocenters. The number of carbonyl (C=O) groups is 1. The fourth-order valence-corrected chi connectivity index (χ4v) is 3.53. The van der Waals surface area contributed by atoms with Gasteiger partial charge in [-0.05, 0) is 6.92 Å². The summed E-state index contributed by atoms with van der Waals surface area (Å²) in [5, 5.41) is 3.68. The molecule has 7 heteroatoms. The van der Waals surface area contributed by atoms with Crippen LogP contribution in [0.5, 0.6) is 17.2 Å². The lowest BCUT2D eigenvalue weighted by molar-refractivity contribution is -0.116. The van der Waals surface area contributed by atoms with Crippen molar-refractivity contribution in [2.45, 2.75) is 74.8 Å². The van der Waals surface area contributed by atoms with E-state index in [1.807, 2.05) is 66.7 Å². The predicted molar refractivity (Wildman–Crippen MR) is 162 cm³/mol. The molecule has 0 spiro atoms. The molecule has 206 valence electrons. The van der Waals surface area contributed by atoms with Crippen LogP contribution in [0.4, 0.5) is 5.69 Å². The minimum absolute atomic E-state index is 0.193. The average Bonchev–Trinajstić information content (AvgIpc) is 3.43. The molecule has 0 saturated heterocycles. The number of hydrogen-bond acceptors (Lipinski definition) is 6. The van der Waals surface area contributed by atoms with Crippen molar-refractivity contribution in [3.05, 3.63) is 48.6 Å². The van der Waals surface area contributed by atoms with E-state index in [-0.39, 0.29) is 5.91 Å². The first-order valence-electron chi connectivity index (χ1n) is 12.8. The molecule has 1 amide bonds. The summed E-state index contributed by atoms with van der Waals surface area (Å²) in [6, 6.07) is 2.90. The highest BCUT2D eigenvalue weighted by atomic mass is 32.2. The van der Waals surface area contributed by atoms with Crippen LogP contribution in [0.15, 0.2) is 53.6 Å². The van der Waals surface area contributed by atoms with E-state index in [1.54, 1.807) is 30.0 Å². The largest absolute Gasteiger partial charge is 0.493 e. The van der Waals surface area contributed by atoms with Crippen LogP contribution in [-0.2, 0) is 4.79 Å². The van der Waals surface area contributed by atoms with Gasteiger partial charge in [-0.3, -0.25) is 9.79 Å². The zero-order valence-corrected chi connectivity index (χ0v) is 25.5. The molecule has 6 nitrogen and oxygen atoms in total. The molecule has 1 aromatic carbocycles. The van der Waals surface area contributed by atoms with Crippen LogP contribution >= 0.6 is 11.8 Å². The van der Waals surface area contributed by atoms with Gasteiger partial charge in [-0.2, -0.15) is 0 Å². The van der Waals surface area contributed by atoms with Gasteiger partial charge in [0.05, 0.1) is 26.4 Å². The first kappa shape index (κ1) is 37.9. The Kier molecular flexibility index (Phi) is 26.7. The third-order valence-corrected chi connectivity index (χ3v) is 4.92. The molecule has 0 aromatic heterocycles. The smallest absolute Gasteiger partial charge is 0.250 e. The van der Waals surface area contributed by atoms with Gasteiger partial charge in [-0.15, -0.1) is 11.8 Å². The van der Waals surface area contributed by atoms with Gasteiger partial charge in [0.15, 0.2) is 11.5 Å². The number of carbonyl (C=O) groups excluding carboxylic acids is 1. The van der Waals surface area contributed by atoms with E-state index in [4.69, 9.17) is 14.2 Å². The zero-order valence-electron chi connectivity index (χ0n) is 24.7. The van der Waals surface area contributed by atoms with Crippen molar-refractivity contribution in [2.75, 3.05) is 32.4 Å². The van der Waals surface area contributed by atoms with Gasteiger partial charge >= 0.3 is 0 Å². The summed E-state index contributed by atoms with van der Waals surface area (Å²) in [5.41, 5.74) is 1.46. The number of benzene rings is 1. The third kappa shape index (κ3) is 13.4. The standard InChI is InChI=1S/C20H24N2O4S.C3H8.3C2H6/c1-6-8-9-13(7-2)20-22-15(12-27-20)19(23)21-14-10-16(24-3)18(26-5)17(11-14)25-4;1-3-2;3*1-2/h6-11,15H,2,12H2,1,3-5H3,(H,21,23);3H2,1-2H3;3*1-2H3/b8-6-,13-9+;;;;. The molecule has 0 bridgehead atoms. The summed E-state index contributed by atoms with van der Waals surface area (Å²) in [6.45, 7) is 22.0. The number of allylic oxidation sites excluding steroid dienone is 4. The van der Waals surface area contributed by atoms with Crippen molar-refractivity contribution in [3.63, 3.8) is 0 Å². The van der Waals surface area contributed by atoms with Crippen LogP contribution < -0.4 is 19.5 Å². The maximum atomic E-state index is 12.6. The predicted octanol–water partition coefficient (Wildman–Crippen LogP) is 8.35. The molecule has 1 aromatic rings. The molecule has 36 heavy (non-hydrogen) atoms. The number of thioether (sulfide) groups is 1. The molecule has 2 rings (SSSR count). The SMILES string of the molecule is C=C/C(=C\C=C/C)C1=NC(C(=O)Nc2cc(OC)c(OC)c(OC)c2)CS1.CC.CC.CC.CCC. The monoisotopic (exact) mass is 522 g/mol. The van der Waals surface area contributed by atoms with Crippen LogP contribution in [0.3, 0.4) is 0 Å². The number of hydrogen-bond donors (Lipinski definition) is 1. The van der Waals surface area contributed by atoms with Gasteiger partial charge in [0.2, 0.25) is 11.7 Å². The van der Waals surface area contributed by atoms with Crippen molar-refractivity contribution >= 4 is 28.4 Å². The molecule has 0 fully saturated rings. The molecule has 0 saturated carbocycles. The minimum atomic E-state index is -0.474. The van der Waals surface area contributed by atoms with Crippen molar-refractivity contribution in [1.29, 1.82) is 0 Å². The van der Waals surface area contributed by atoms with E-state index in [0.29, 0.717) is 28.7 Å². The lowest BCUT2D eigenvalue weighted by Crippen LogP contribution is -2.26. The van der Waals surface area contributed by atoms with Gasteiger partial charge in [-0.1, -0.05) is 92.7 Å². The highest BCUT2D eigenvalue weighted by Gasteiger charge is 2.26. The third-order valence-electron chi connectivity index (χ3n) is 3.82.